The van der Waals surface area contributed by atoms with Gasteiger partial charge < -0.3 is 24.4 Å². The Kier molecular flexibility index (Phi) is 7.90. The number of nitrogens with zero attached hydrogens (tertiary/aromatic N) is 3. The zero-order valence-electron chi connectivity index (χ0n) is 19.4. The molecule has 4 rings (SSSR count). The highest BCUT2D eigenvalue weighted by Crippen LogP contribution is 2.27. The van der Waals surface area contributed by atoms with E-state index in [4.69, 9.17) is 14.2 Å². The highest BCUT2D eigenvalue weighted by Gasteiger charge is 2.32. The van der Waals surface area contributed by atoms with Crippen LogP contribution in [0.3, 0.4) is 0 Å². The molecule has 1 unspecified atom stereocenters. The molecule has 3 aliphatic rings. The Balaban J connectivity index is 1.43. The number of hydrogen-bond acceptors (Lipinski definition) is 9. The molecule has 33 heavy (non-hydrogen) atoms. The van der Waals surface area contributed by atoms with E-state index in [9.17, 15) is 9.59 Å². The highest BCUT2D eigenvalue weighted by molar-refractivity contribution is 8.14. The minimum atomic E-state index is -0.494. The van der Waals surface area contributed by atoms with E-state index in [2.05, 4.69) is 27.0 Å². The van der Waals surface area contributed by atoms with Crippen LogP contribution in [0.4, 0.5) is 5.69 Å². The van der Waals surface area contributed by atoms with E-state index in [1.165, 1.54) is 7.11 Å². The molecule has 3 heterocycles. The summed E-state index contributed by atoms with van der Waals surface area (Å²) in [5.41, 5.74) is 1.78. The Bertz CT molecular complexity index is 911. The van der Waals surface area contributed by atoms with Gasteiger partial charge in [0.15, 0.2) is 5.17 Å². The second-order valence-electron chi connectivity index (χ2n) is 8.61. The van der Waals surface area contributed by atoms with Gasteiger partial charge in [-0.1, -0.05) is 17.8 Å². The molecule has 3 atom stereocenters. The number of hydrogen-bond donors (Lipinski definition) is 1. The van der Waals surface area contributed by atoms with Crippen molar-refractivity contribution in [1.82, 2.24) is 9.80 Å². The van der Waals surface area contributed by atoms with E-state index in [1.807, 2.05) is 6.07 Å². The van der Waals surface area contributed by atoms with Crippen molar-refractivity contribution in [2.24, 2.45) is 4.99 Å². The van der Waals surface area contributed by atoms with E-state index in [1.54, 1.807) is 31.0 Å². The van der Waals surface area contributed by atoms with Gasteiger partial charge in [0.25, 0.3) is 0 Å². The molecule has 180 valence electrons. The Morgan fingerprint density at radius 2 is 2.12 bits per heavy atom. The number of amidine groups is 1. The molecule has 1 amide bonds. The molecule has 10 heteroatoms. The van der Waals surface area contributed by atoms with Gasteiger partial charge in [0.1, 0.15) is 6.04 Å². The number of esters is 1. The molecule has 0 bridgehead atoms. The minimum Gasteiger partial charge on any atom is -0.465 e. The lowest BCUT2D eigenvalue weighted by atomic mass is 10.1. The topological polar surface area (TPSA) is 92.7 Å². The summed E-state index contributed by atoms with van der Waals surface area (Å²) in [5.74, 6) is -0.119. The monoisotopic (exact) mass is 476 g/mol. The molecule has 0 radical (unpaired) electrons. The smallest absolute Gasteiger partial charge is 0.339 e. The van der Waals surface area contributed by atoms with Crippen LogP contribution in [0, 0.1) is 0 Å². The average Bonchev–Trinajstić information content (AvgIpc) is 3.49. The Labute approximate surface area is 198 Å². The molecule has 0 saturated carbocycles. The van der Waals surface area contributed by atoms with Gasteiger partial charge in [0.05, 0.1) is 37.2 Å². The summed E-state index contributed by atoms with van der Waals surface area (Å²) in [6.07, 6.45) is 1.36. The van der Waals surface area contributed by atoms with Crippen LogP contribution in [0.2, 0.25) is 0 Å². The van der Waals surface area contributed by atoms with Gasteiger partial charge in [0.2, 0.25) is 5.91 Å². The van der Waals surface area contributed by atoms with Crippen LogP contribution in [-0.2, 0) is 25.5 Å². The molecule has 1 aromatic carbocycles. The largest absolute Gasteiger partial charge is 0.465 e. The number of anilines is 1. The number of thioether (sulfide) groups is 1. The second-order valence-corrected chi connectivity index (χ2v) is 9.60. The molecule has 2 fully saturated rings. The molecule has 1 N–H and O–H groups in total. The van der Waals surface area contributed by atoms with Crippen molar-refractivity contribution in [2.45, 2.75) is 38.1 Å². The van der Waals surface area contributed by atoms with Gasteiger partial charge in [-0.05, 0) is 31.0 Å². The van der Waals surface area contributed by atoms with E-state index < -0.39 is 12.0 Å². The van der Waals surface area contributed by atoms with Crippen molar-refractivity contribution < 1.29 is 23.8 Å². The Morgan fingerprint density at radius 1 is 1.27 bits per heavy atom. The third-order valence-electron chi connectivity index (χ3n) is 6.17. The van der Waals surface area contributed by atoms with E-state index in [0.29, 0.717) is 30.2 Å². The highest BCUT2D eigenvalue weighted by atomic mass is 32.2. The quantitative estimate of drug-likeness (QED) is 0.622. The van der Waals surface area contributed by atoms with Crippen LogP contribution < -0.4 is 5.32 Å². The first-order valence-corrected chi connectivity index (χ1v) is 12.3. The molecule has 0 aromatic heterocycles. The molecular formula is C23H32N4O5S. The maximum Gasteiger partial charge on any atom is 0.339 e. The summed E-state index contributed by atoms with van der Waals surface area (Å²) in [6, 6.07) is 5.02. The van der Waals surface area contributed by atoms with Gasteiger partial charge in [0, 0.05) is 45.6 Å². The summed E-state index contributed by atoms with van der Waals surface area (Å²) in [5, 5.41) is 3.79. The van der Waals surface area contributed by atoms with Crippen molar-refractivity contribution in [3.63, 3.8) is 0 Å². The number of morpholine rings is 1. The number of methoxy groups -OCH3 is 2. The molecule has 0 spiro atoms. The molecular weight excluding hydrogens is 444 g/mol. The number of amides is 1. The summed E-state index contributed by atoms with van der Waals surface area (Å²) < 4.78 is 16.0. The number of ether oxygens (including phenoxy) is 3. The number of likely N-dealkylation sites (tertiary alicyclic amines) is 1. The molecule has 0 aliphatic carbocycles. The summed E-state index contributed by atoms with van der Waals surface area (Å²) >= 11 is 1.59. The lowest BCUT2D eigenvalue weighted by molar-refractivity contribution is -0.116. The van der Waals surface area contributed by atoms with E-state index >= 15 is 0 Å². The van der Waals surface area contributed by atoms with Crippen LogP contribution in [-0.4, -0.2) is 97.9 Å². The van der Waals surface area contributed by atoms with Crippen LogP contribution >= 0.6 is 11.8 Å². The zero-order chi connectivity index (χ0) is 23.4. The van der Waals surface area contributed by atoms with Crippen molar-refractivity contribution in [3.05, 3.63) is 29.3 Å². The third kappa shape index (κ3) is 5.87. The molecule has 3 aliphatic heterocycles. The maximum atomic E-state index is 12.9. The van der Waals surface area contributed by atoms with Gasteiger partial charge in [-0.15, -0.1) is 0 Å². The summed E-state index contributed by atoms with van der Waals surface area (Å²) in [6.45, 7) is 6.83. The number of nitrogens with one attached hydrogen (secondary N) is 1. The molecule has 2 saturated heterocycles. The van der Waals surface area contributed by atoms with Gasteiger partial charge in [-0.25, -0.2) is 9.79 Å². The predicted molar refractivity (Wildman–Crippen MR) is 128 cm³/mol. The Morgan fingerprint density at radius 3 is 2.85 bits per heavy atom. The van der Waals surface area contributed by atoms with E-state index in [-0.39, 0.29) is 18.1 Å². The first-order valence-electron chi connectivity index (χ1n) is 11.3. The lowest BCUT2D eigenvalue weighted by Crippen LogP contribution is -2.40. The predicted octanol–water partition coefficient (Wildman–Crippen LogP) is 1.82. The standard InChI is InChI=1S/C23H32N4O5S/c1-15-11-26(8-9-32-15)12-16-4-5-19(18(10-16)22(29)31-3)24-21(28)20-14-33-23(25-20)27-7-6-17(13-27)30-2/h4-5,10,15,17,20H,6-9,11-14H2,1-3H3,(H,24,28)/t15-,17-,20?/m0/s1. The number of benzene rings is 1. The van der Waals surface area contributed by atoms with Crippen LogP contribution in [0.25, 0.3) is 0 Å². The van der Waals surface area contributed by atoms with Crippen molar-refractivity contribution in [1.29, 1.82) is 0 Å². The number of carbonyl (C=O) groups is 2. The molecule has 9 nitrogen and oxygen atoms in total. The summed E-state index contributed by atoms with van der Waals surface area (Å²) in [7, 11) is 3.07. The number of aliphatic imine (C=N–C) groups is 1. The van der Waals surface area contributed by atoms with Crippen LogP contribution in [0.1, 0.15) is 29.3 Å². The van der Waals surface area contributed by atoms with Gasteiger partial charge >= 0.3 is 5.97 Å². The third-order valence-corrected chi connectivity index (χ3v) is 7.27. The normalized spacial score (nSPS) is 25.7. The maximum absolute atomic E-state index is 12.9. The van der Waals surface area contributed by atoms with Crippen LogP contribution in [0.5, 0.6) is 0 Å². The Hall–Kier alpha value is -2.14. The van der Waals surface area contributed by atoms with E-state index in [0.717, 1.165) is 43.3 Å². The van der Waals surface area contributed by atoms with Crippen molar-refractivity contribution >= 4 is 34.5 Å². The first kappa shape index (κ1) is 24.0. The number of rotatable bonds is 6. The van der Waals surface area contributed by atoms with Gasteiger partial charge in [-0.2, -0.15) is 0 Å². The SMILES string of the molecule is COC(=O)c1cc(CN2CCO[C@@H](C)C2)ccc1NC(=O)C1CSC(N2CC[C@H](OC)C2)=N1. The zero-order valence-corrected chi connectivity index (χ0v) is 20.2. The fourth-order valence-corrected chi connectivity index (χ4v) is 5.43. The average molecular weight is 477 g/mol. The fourth-order valence-electron chi connectivity index (χ4n) is 4.35. The minimum absolute atomic E-state index is 0.188. The number of carbonyl (C=O) groups excluding carboxylic acids is 2. The molecule has 1 aromatic rings. The second kappa shape index (κ2) is 10.9. The fraction of sp³-hybridized carbons (Fsp3) is 0.609. The van der Waals surface area contributed by atoms with Gasteiger partial charge in [-0.3, -0.25) is 9.69 Å². The first-order chi connectivity index (χ1) is 16.0. The summed E-state index contributed by atoms with van der Waals surface area (Å²) in [4.78, 5) is 34.5. The lowest BCUT2D eigenvalue weighted by Gasteiger charge is -2.31. The van der Waals surface area contributed by atoms with Crippen molar-refractivity contribution in [2.75, 3.05) is 58.1 Å². The van der Waals surface area contributed by atoms with Crippen LogP contribution in [0.15, 0.2) is 23.2 Å². The van der Waals surface area contributed by atoms with Crippen molar-refractivity contribution in [3.8, 4) is 0 Å².